The number of hydrogen-bond acceptors (Lipinski definition) is 5. The molecule has 0 unspecified atom stereocenters. The van der Waals surface area contributed by atoms with Gasteiger partial charge in [0.15, 0.2) is 0 Å². The van der Waals surface area contributed by atoms with Crippen LogP contribution >= 0.6 is 0 Å². The summed E-state index contributed by atoms with van der Waals surface area (Å²) in [4.78, 5) is 16.1. The van der Waals surface area contributed by atoms with E-state index >= 15 is 0 Å². The number of pyridine rings is 1. The van der Waals surface area contributed by atoms with Crippen LogP contribution in [-0.4, -0.2) is 29.6 Å². The summed E-state index contributed by atoms with van der Waals surface area (Å²) in [6.45, 7) is 0.449. The molecular formula is C17H19N3O3. The number of hydrogen-bond donors (Lipinski definition) is 2. The second-order valence-corrected chi connectivity index (χ2v) is 5.36. The van der Waals surface area contributed by atoms with E-state index in [1.807, 2.05) is 0 Å². The van der Waals surface area contributed by atoms with Crippen molar-refractivity contribution in [2.24, 2.45) is 5.73 Å². The number of benzene rings is 1. The lowest BCUT2D eigenvalue weighted by Crippen LogP contribution is -2.29. The normalized spacial score (nSPS) is 20.2. The van der Waals surface area contributed by atoms with E-state index < -0.39 is 6.10 Å². The zero-order valence-corrected chi connectivity index (χ0v) is 12.6. The summed E-state index contributed by atoms with van der Waals surface area (Å²) >= 11 is 0. The van der Waals surface area contributed by atoms with Crippen LogP contribution in [0.4, 0.5) is 5.69 Å². The predicted molar refractivity (Wildman–Crippen MR) is 86.3 cm³/mol. The number of nitrogens with zero attached hydrogens (tertiary/aromatic N) is 1. The van der Waals surface area contributed by atoms with Crippen molar-refractivity contribution in [3.63, 3.8) is 0 Å². The van der Waals surface area contributed by atoms with Crippen LogP contribution in [0.5, 0.6) is 11.5 Å². The molecule has 1 fully saturated rings. The molecule has 6 nitrogen and oxygen atoms in total. The van der Waals surface area contributed by atoms with Crippen LogP contribution in [0.15, 0.2) is 48.8 Å². The van der Waals surface area contributed by atoms with E-state index in [0.717, 1.165) is 6.42 Å². The summed E-state index contributed by atoms with van der Waals surface area (Å²) in [5.41, 5.74) is 6.26. The molecule has 0 radical (unpaired) electrons. The topological polar surface area (TPSA) is 86.5 Å². The van der Waals surface area contributed by atoms with Gasteiger partial charge in [0, 0.05) is 24.6 Å². The molecule has 0 spiro atoms. The summed E-state index contributed by atoms with van der Waals surface area (Å²) in [5, 5.41) is 2.85. The smallest absolute Gasteiger partial charge is 0.253 e. The Morgan fingerprint density at radius 2 is 1.87 bits per heavy atom. The maximum atomic E-state index is 12.1. The standard InChI is InChI=1S/C17H19N3O3/c18-11-15-5-6-16(23-15)17(21)20-12-1-3-13(4-2-12)22-14-7-9-19-10-8-14/h1-4,7-10,15-16H,5-6,11,18H2,(H,20,21)/t15-,16+/m1/s1. The number of aromatic nitrogens is 1. The first kappa shape index (κ1) is 15.5. The summed E-state index contributed by atoms with van der Waals surface area (Å²) in [7, 11) is 0. The van der Waals surface area contributed by atoms with Gasteiger partial charge < -0.3 is 20.5 Å². The maximum absolute atomic E-state index is 12.1. The van der Waals surface area contributed by atoms with Gasteiger partial charge in [0.05, 0.1) is 6.10 Å². The molecule has 1 amide bonds. The zero-order valence-electron chi connectivity index (χ0n) is 12.6. The van der Waals surface area contributed by atoms with Gasteiger partial charge in [-0.1, -0.05) is 0 Å². The highest BCUT2D eigenvalue weighted by Gasteiger charge is 2.29. The second-order valence-electron chi connectivity index (χ2n) is 5.36. The van der Waals surface area contributed by atoms with Gasteiger partial charge in [0.25, 0.3) is 5.91 Å². The number of carbonyl (C=O) groups is 1. The number of carbonyl (C=O) groups excluding carboxylic acids is 1. The van der Waals surface area contributed by atoms with E-state index in [1.54, 1.807) is 48.8 Å². The van der Waals surface area contributed by atoms with E-state index in [2.05, 4.69) is 10.3 Å². The largest absolute Gasteiger partial charge is 0.457 e. The zero-order chi connectivity index (χ0) is 16.1. The van der Waals surface area contributed by atoms with Crippen molar-refractivity contribution in [1.82, 2.24) is 4.98 Å². The Morgan fingerprint density at radius 3 is 2.52 bits per heavy atom. The number of nitrogens with one attached hydrogen (secondary N) is 1. The van der Waals surface area contributed by atoms with Gasteiger partial charge in [-0.15, -0.1) is 0 Å². The van der Waals surface area contributed by atoms with Gasteiger partial charge in [0.1, 0.15) is 17.6 Å². The minimum atomic E-state index is -0.420. The third-order valence-electron chi connectivity index (χ3n) is 3.67. The molecule has 6 heteroatoms. The van der Waals surface area contributed by atoms with Crippen molar-refractivity contribution in [2.75, 3.05) is 11.9 Å². The molecule has 2 heterocycles. The third kappa shape index (κ3) is 4.06. The highest BCUT2D eigenvalue weighted by molar-refractivity contribution is 5.94. The van der Waals surface area contributed by atoms with Crippen molar-refractivity contribution < 1.29 is 14.3 Å². The molecule has 0 bridgehead atoms. The molecule has 3 N–H and O–H groups in total. The maximum Gasteiger partial charge on any atom is 0.253 e. The van der Waals surface area contributed by atoms with E-state index in [4.69, 9.17) is 15.2 Å². The molecule has 1 aliphatic rings. The van der Waals surface area contributed by atoms with Gasteiger partial charge in [-0.3, -0.25) is 9.78 Å². The number of amides is 1. The van der Waals surface area contributed by atoms with E-state index in [0.29, 0.717) is 30.2 Å². The lowest BCUT2D eigenvalue weighted by atomic mass is 10.2. The van der Waals surface area contributed by atoms with Crippen molar-refractivity contribution in [2.45, 2.75) is 25.0 Å². The first-order valence-corrected chi connectivity index (χ1v) is 7.59. The van der Waals surface area contributed by atoms with Gasteiger partial charge in [-0.25, -0.2) is 0 Å². The Labute approximate surface area is 134 Å². The van der Waals surface area contributed by atoms with Gasteiger partial charge in [-0.05, 0) is 49.2 Å². The van der Waals surface area contributed by atoms with Crippen LogP contribution in [0.3, 0.4) is 0 Å². The summed E-state index contributed by atoms with van der Waals surface area (Å²) in [5.74, 6) is 1.27. The number of ether oxygens (including phenoxy) is 2. The van der Waals surface area contributed by atoms with Crippen LogP contribution in [0, 0.1) is 0 Å². The van der Waals surface area contributed by atoms with Crippen molar-refractivity contribution in [1.29, 1.82) is 0 Å². The second kappa shape index (κ2) is 7.21. The van der Waals surface area contributed by atoms with Gasteiger partial charge in [-0.2, -0.15) is 0 Å². The summed E-state index contributed by atoms with van der Waals surface area (Å²) < 4.78 is 11.3. The molecule has 1 saturated heterocycles. The monoisotopic (exact) mass is 313 g/mol. The third-order valence-corrected chi connectivity index (χ3v) is 3.67. The average Bonchev–Trinajstić information content (AvgIpc) is 3.07. The molecule has 23 heavy (non-hydrogen) atoms. The predicted octanol–water partition coefficient (Wildman–Crippen LogP) is 2.32. The van der Waals surface area contributed by atoms with Gasteiger partial charge in [0.2, 0.25) is 0 Å². The molecule has 120 valence electrons. The fourth-order valence-electron chi connectivity index (χ4n) is 2.44. The van der Waals surface area contributed by atoms with E-state index in [1.165, 1.54) is 0 Å². The molecule has 0 saturated carbocycles. The number of anilines is 1. The Hall–Kier alpha value is -2.44. The van der Waals surface area contributed by atoms with Crippen molar-refractivity contribution in [3.8, 4) is 11.5 Å². The Kier molecular flexibility index (Phi) is 4.85. The number of rotatable bonds is 5. The minimum absolute atomic E-state index is 0.0121. The number of nitrogens with two attached hydrogens (primary N) is 1. The minimum Gasteiger partial charge on any atom is -0.457 e. The van der Waals surface area contributed by atoms with Crippen LogP contribution in [0.25, 0.3) is 0 Å². The highest BCUT2D eigenvalue weighted by atomic mass is 16.5. The van der Waals surface area contributed by atoms with Crippen molar-refractivity contribution >= 4 is 11.6 Å². The van der Waals surface area contributed by atoms with Crippen molar-refractivity contribution in [3.05, 3.63) is 48.8 Å². The lowest BCUT2D eigenvalue weighted by Gasteiger charge is -2.13. The average molecular weight is 313 g/mol. The molecule has 3 rings (SSSR count). The quantitative estimate of drug-likeness (QED) is 0.884. The van der Waals surface area contributed by atoms with Crippen LogP contribution in [0.1, 0.15) is 12.8 Å². The molecule has 1 aliphatic heterocycles. The molecule has 0 aliphatic carbocycles. The summed E-state index contributed by atoms with van der Waals surface area (Å²) in [6.07, 6.45) is 4.43. The first-order valence-electron chi connectivity index (χ1n) is 7.59. The molecule has 1 aromatic heterocycles. The summed E-state index contributed by atoms with van der Waals surface area (Å²) in [6, 6.07) is 10.7. The molecule has 1 aromatic carbocycles. The molecular weight excluding hydrogens is 294 g/mol. The fraction of sp³-hybridized carbons (Fsp3) is 0.294. The van der Waals surface area contributed by atoms with Gasteiger partial charge >= 0.3 is 0 Å². The Bertz CT molecular complexity index is 646. The Morgan fingerprint density at radius 1 is 1.17 bits per heavy atom. The van der Waals surface area contributed by atoms with E-state index in [-0.39, 0.29) is 12.0 Å². The van der Waals surface area contributed by atoms with E-state index in [9.17, 15) is 4.79 Å². The van der Waals surface area contributed by atoms with Crippen LogP contribution < -0.4 is 15.8 Å². The highest BCUT2D eigenvalue weighted by Crippen LogP contribution is 2.24. The molecule has 2 atom stereocenters. The molecule has 2 aromatic rings. The van der Waals surface area contributed by atoms with Crippen LogP contribution in [0.2, 0.25) is 0 Å². The SMILES string of the molecule is NC[C@H]1CC[C@@H](C(=O)Nc2ccc(Oc3ccncc3)cc2)O1. The first-order chi connectivity index (χ1) is 11.2. The Balaban J connectivity index is 1.56. The fourth-order valence-corrected chi connectivity index (χ4v) is 2.44. The lowest BCUT2D eigenvalue weighted by molar-refractivity contribution is -0.126. The van der Waals surface area contributed by atoms with Crippen LogP contribution in [-0.2, 0) is 9.53 Å².